The first-order chi connectivity index (χ1) is 15.4. The molecule has 1 unspecified atom stereocenters. The summed E-state index contributed by atoms with van der Waals surface area (Å²) in [4.78, 5) is 20.4. The zero-order valence-electron chi connectivity index (χ0n) is 18.0. The summed E-state index contributed by atoms with van der Waals surface area (Å²) in [5, 5.41) is 11.1. The Labute approximate surface area is 195 Å². The van der Waals surface area contributed by atoms with Gasteiger partial charge in [-0.15, -0.1) is 0 Å². The lowest BCUT2D eigenvalue weighted by atomic mass is 9.71. The molecular weight excluding hydrogens is 450 g/mol. The van der Waals surface area contributed by atoms with Gasteiger partial charge >= 0.3 is 0 Å². The monoisotopic (exact) mass is 475 g/mol. The van der Waals surface area contributed by atoms with E-state index in [2.05, 4.69) is 19.9 Å². The molecule has 11 heteroatoms. The molecule has 1 fully saturated rings. The molecule has 9 nitrogen and oxygen atoms in total. The number of aromatic nitrogens is 4. The number of aliphatic hydroxyl groups is 1. The smallest absolute Gasteiger partial charge is 0.180 e. The Bertz CT molecular complexity index is 1090. The van der Waals surface area contributed by atoms with Gasteiger partial charge < -0.3 is 25.9 Å². The summed E-state index contributed by atoms with van der Waals surface area (Å²) in [7, 11) is 0. The van der Waals surface area contributed by atoms with Crippen LogP contribution in [0.5, 0.6) is 0 Å². The third-order valence-corrected chi connectivity index (χ3v) is 7.71. The van der Waals surface area contributed by atoms with Crippen molar-refractivity contribution in [3.8, 4) is 0 Å². The molecule has 0 spiro atoms. The average Bonchev–Trinajstić information content (AvgIpc) is 3.33. The van der Waals surface area contributed by atoms with E-state index in [1.54, 1.807) is 18.5 Å². The highest BCUT2D eigenvalue weighted by Gasteiger charge is 2.42. The minimum atomic E-state index is -0.275. The van der Waals surface area contributed by atoms with Gasteiger partial charge in [-0.2, -0.15) is 0 Å². The van der Waals surface area contributed by atoms with Crippen molar-refractivity contribution in [2.75, 3.05) is 23.7 Å². The summed E-state index contributed by atoms with van der Waals surface area (Å²) >= 11 is 7.63. The zero-order valence-corrected chi connectivity index (χ0v) is 19.5. The Hall–Kier alpha value is -2.40. The number of rotatable bonds is 6. The topological polar surface area (TPSA) is 140 Å². The molecule has 4 rings (SSSR count). The van der Waals surface area contributed by atoms with Crippen LogP contribution in [0.1, 0.15) is 36.9 Å². The van der Waals surface area contributed by atoms with E-state index in [-0.39, 0.29) is 23.9 Å². The molecule has 3 aromatic rings. The van der Waals surface area contributed by atoms with Crippen LogP contribution in [0.2, 0.25) is 5.02 Å². The zero-order chi connectivity index (χ0) is 22.9. The minimum Gasteiger partial charge on any atom is -0.448 e. The van der Waals surface area contributed by atoms with Gasteiger partial charge in [-0.3, -0.25) is 0 Å². The van der Waals surface area contributed by atoms with Crippen molar-refractivity contribution >= 4 is 35.0 Å². The van der Waals surface area contributed by atoms with Crippen molar-refractivity contribution in [2.45, 2.75) is 54.7 Å². The van der Waals surface area contributed by atoms with Crippen molar-refractivity contribution in [3.63, 3.8) is 0 Å². The number of nitrogens with two attached hydrogens (primary N) is 2. The molecule has 1 aliphatic heterocycles. The van der Waals surface area contributed by atoms with Crippen LogP contribution in [0.25, 0.3) is 0 Å². The molecule has 3 aromatic heterocycles. The van der Waals surface area contributed by atoms with Gasteiger partial charge in [-0.25, -0.2) is 19.9 Å². The fourth-order valence-corrected chi connectivity index (χ4v) is 5.22. The van der Waals surface area contributed by atoms with Crippen LogP contribution in [-0.2, 0) is 12.0 Å². The summed E-state index contributed by atoms with van der Waals surface area (Å²) in [5.41, 5.74) is 13.2. The SMILES string of the molecule is Cc1nc(N2CCC(c3cnco3)(C(C)N)CC2)c(CO)nc1Sc1ccnc(N)c1Cl. The van der Waals surface area contributed by atoms with Crippen LogP contribution in [0.15, 0.2) is 39.2 Å². The highest BCUT2D eigenvalue weighted by molar-refractivity contribution is 7.99. The summed E-state index contributed by atoms with van der Waals surface area (Å²) in [6, 6.07) is 1.69. The van der Waals surface area contributed by atoms with Crippen molar-refractivity contribution in [1.29, 1.82) is 0 Å². The molecule has 0 saturated carbocycles. The Kier molecular flexibility index (Phi) is 6.57. The number of hydrogen-bond acceptors (Lipinski definition) is 10. The predicted octanol–water partition coefficient (Wildman–Crippen LogP) is 2.93. The van der Waals surface area contributed by atoms with Gasteiger partial charge in [0.05, 0.1) is 23.5 Å². The highest BCUT2D eigenvalue weighted by Crippen LogP contribution is 2.40. The largest absolute Gasteiger partial charge is 0.448 e. The molecule has 0 aromatic carbocycles. The van der Waals surface area contributed by atoms with Crippen molar-refractivity contribution < 1.29 is 9.52 Å². The lowest BCUT2D eigenvalue weighted by Gasteiger charge is -2.43. The maximum atomic E-state index is 10.0. The third-order valence-electron chi connectivity index (χ3n) is 6.06. The van der Waals surface area contributed by atoms with Crippen molar-refractivity contribution in [3.05, 3.63) is 47.0 Å². The van der Waals surface area contributed by atoms with Gasteiger partial charge in [0.1, 0.15) is 22.3 Å². The molecule has 1 aliphatic rings. The summed E-state index contributed by atoms with van der Waals surface area (Å²) < 4.78 is 5.63. The second-order valence-electron chi connectivity index (χ2n) is 7.95. The maximum absolute atomic E-state index is 10.0. The molecule has 1 atom stereocenters. The summed E-state index contributed by atoms with van der Waals surface area (Å²) in [6.07, 6.45) is 6.37. The van der Waals surface area contributed by atoms with E-state index in [1.165, 1.54) is 18.2 Å². The number of aryl methyl sites for hydroxylation is 1. The van der Waals surface area contributed by atoms with Crippen molar-refractivity contribution in [2.24, 2.45) is 5.73 Å². The Balaban J connectivity index is 1.58. The first-order valence-electron chi connectivity index (χ1n) is 10.3. The number of aliphatic hydroxyl groups excluding tert-OH is 1. The lowest BCUT2D eigenvalue weighted by molar-refractivity contribution is 0.233. The molecular formula is C21H26ClN7O2S. The van der Waals surface area contributed by atoms with E-state index < -0.39 is 0 Å². The van der Waals surface area contributed by atoms with E-state index in [4.69, 9.17) is 32.5 Å². The average molecular weight is 476 g/mol. The van der Waals surface area contributed by atoms with Gasteiger partial charge in [0, 0.05) is 35.6 Å². The van der Waals surface area contributed by atoms with Gasteiger partial charge in [0.25, 0.3) is 0 Å². The summed E-state index contributed by atoms with van der Waals surface area (Å²) in [6.45, 7) is 5.10. The van der Waals surface area contributed by atoms with Crippen LogP contribution in [0.4, 0.5) is 11.6 Å². The molecule has 1 saturated heterocycles. The Morgan fingerprint density at radius 1 is 1.34 bits per heavy atom. The second kappa shape index (κ2) is 9.22. The number of nitrogens with zero attached hydrogens (tertiary/aromatic N) is 5. The van der Waals surface area contributed by atoms with Crippen LogP contribution >= 0.6 is 23.4 Å². The normalized spacial score (nSPS) is 16.8. The van der Waals surface area contributed by atoms with Gasteiger partial charge in [0.15, 0.2) is 12.2 Å². The quantitative estimate of drug-likeness (QED) is 0.487. The molecule has 170 valence electrons. The number of hydrogen-bond donors (Lipinski definition) is 3. The summed E-state index contributed by atoms with van der Waals surface area (Å²) in [5.74, 6) is 1.77. The molecule has 5 N–H and O–H groups in total. The predicted molar refractivity (Wildman–Crippen MR) is 124 cm³/mol. The Morgan fingerprint density at radius 2 is 2.09 bits per heavy atom. The van der Waals surface area contributed by atoms with Gasteiger partial charge in [0.2, 0.25) is 0 Å². The second-order valence-corrected chi connectivity index (χ2v) is 9.36. The highest BCUT2D eigenvalue weighted by atomic mass is 35.5. The fourth-order valence-electron chi connectivity index (χ4n) is 4.11. The van der Waals surface area contributed by atoms with E-state index in [1.807, 2.05) is 13.8 Å². The molecule has 0 amide bonds. The number of anilines is 2. The number of pyridine rings is 1. The molecule has 32 heavy (non-hydrogen) atoms. The van der Waals surface area contributed by atoms with Gasteiger partial charge in [-0.1, -0.05) is 23.4 Å². The van der Waals surface area contributed by atoms with Crippen LogP contribution in [0.3, 0.4) is 0 Å². The van der Waals surface area contributed by atoms with E-state index in [9.17, 15) is 5.11 Å². The van der Waals surface area contributed by atoms with Crippen LogP contribution in [0, 0.1) is 6.92 Å². The minimum absolute atomic E-state index is 0.0842. The number of nitrogen functional groups attached to an aromatic ring is 1. The number of halogens is 1. The van der Waals surface area contributed by atoms with Crippen molar-refractivity contribution in [1.82, 2.24) is 19.9 Å². The lowest BCUT2D eigenvalue weighted by Crippen LogP contribution is -2.51. The first kappa shape index (κ1) is 22.8. The van der Waals surface area contributed by atoms with E-state index in [0.717, 1.165) is 29.2 Å². The first-order valence-corrected chi connectivity index (χ1v) is 11.5. The maximum Gasteiger partial charge on any atom is 0.180 e. The van der Waals surface area contributed by atoms with E-state index in [0.29, 0.717) is 34.6 Å². The number of oxazole rings is 1. The molecule has 0 aliphatic carbocycles. The number of piperidine rings is 1. The third kappa shape index (κ3) is 4.15. The standard InChI is InChI=1S/C21H26ClN7O2S/c1-12-20(32-15-3-6-26-18(24)17(15)22)28-14(10-30)19(27-12)29-7-4-21(5-8-29,13(2)23)16-9-25-11-31-16/h3,6,9,11,13,30H,4-5,7-8,10,23H2,1-2H3,(H2,24,26). The Morgan fingerprint density at radius 3 is 2.72 bits per heavy atom. The van der Waals surface area contributed by atoms with Gasteiger partial charge in [-0.05, 0) is 32.8 Å². The molecule has 0 radical (unpaired) electrons. The fraction of sp³-hybridized carbons (Fsp3) is 0.429. The molecule has 4 heterocycles. The van der Waals surface area contributed by atoms with Crippen LogP contribution in [-0.4, -0.2) is 44.2 Å². The van der Waals surface area contributed by atoms with Crippen LogP contribution < -0.4 is 16.4 Å². The molecule has 0 bridgehead atoms. The van der Waals surface area contributed by atoms with E-state index >= 15 is 0 Å².